The van der Waals surface area contributed by atoms with E-state index in [1.54, 1.807) is 0 Å². The summed E-state index contributed by atoms with van der Waals surface area (Å²) < 4.78 is 5.63. The van der Waals surface area contributed by atoms with Crippen molar-refractivity contribution in [3.8, 4) is 0 Å². The monoisotopic (exact) mass is 238 g/mol. The first-order valence-electron chi connectivity index (χ1n) is 6.92. The lowest BCUT2D eigenvalue weighted by Gasteiger charge is -2.24. The maximum Gasteiger partial charge on any atom is 0.249 e. The Morgan fingerprint density at radius 1 is 1.24 bits per heavy atom. The molecule has 4 heteroatoms. The molecular formula is C13H22N2O2. The first-order valence-corrected chi connectivity index (χ1v) is 6.92. The second-order valence-electron chi connectivity index (χ2n) is 5.85. The van der Waals surface area contributed by atoms with Crippen LogP contribution in [0.2, 0.25) is 0 Å². The molecule has 96 valence electrons. The van der Waals surface area contributed by atoms with Gasteiger partial charge in [0.25, 0.3) is 0 Å². The van der Waals surface area contributed by atoms with Crippen molar-refractivity contribution in [3.05, 3.63) is 0 Å². The molecule has 0 radical (unpaired) electrons. The topological polar surface area (TPSA) is 64.4 Å². The number of carbonyl (C=O) groups excluding carboxylic acids is 1. The number of carbonyl (C=O) groups is 1. The molecule has 2 aliphatic carbocycles. The van der Waals surface area contributed by atoms with Crippen molar-refractivity contribution in [2.24, 2.45) is 17.6 Å². The molecular weight excluding hydrogens is 216 g/mol. The van der Waals surface area contributed by atoms with Crippen LogP contribution in [0.25, 0.3) is 0 Å². The Hall–Kier alpha value is -0.610. The van der Waals surface area contributed by atoms with E-state index < -0.39 is 0 Å². The van der Waals surface area contributed by atoms with Gasteiger partial charge in [-0.15, -0.1) is 0 Å². The highest BCUT2D eigenvalue weighted by Gasteiger charge is 2.41. The summed E-state index contributed by atoms with van der Waals surface area (Å²) in [5, 5.41) is 3.19. The van der Waals surface area contributed by atoms with Crippen LogP contribution in [-0.2, 0) is 9.53 Å². The zero-order valence-corrected chi connectivity index (χ0v) is 10.2. The minimum Gasteiger partial charge on any atom is -0.364 e. The highest BCUT2D eigenvalue weighted by atomic mass is 16.5. The molecule has 1 amide bonds. The van der Waals surface area contributed by atoms with Crippen molar-refractivity contribution < 1.29 is 9.53 Å². The molecule has 17 heavy (non-hydrogen) atoms. The molecule has 1 aliphatic heterocycles. The molecule has 1 heterocycles. The summed E-state index contributed by atoms with van der Waals surface area (Å²) in [6.45, 7) is 0.526. The molecule has 2 saturated carbocycles. The maximum atomic E-state index is 12.1. The van der Waals surface area contributed by atoms with Gasteiger partial charge in [0.2, 0.25) is 5.91 Å². The first kappa shape index (κ1) is 11.5. The van der Waals surface area contributed by atoms with Crippen molar-refractivity contribution in [2.75, 3.05) is 6.54 Å². The third-order valence-corrected chi connectivity index (χ3v) is 4.73. The van der Waals surface area contributed by atoms with E-state index in [9.17, 15) is 4.79 Å². The average molecular weight is 238 g/mol. The maximum absolute atomic E-state index is 12.1. The van der Waals surface area contributed by atoms with E-state index in [-0.39, 0.29) is 18.1 Å². The van der Waals surface area contributed by atoms with Crippen LogP contribution >= 0.6 is 0 Å². The van der Waals surface area contributed by atoms with Gasteiger partial charge in [0.1, 0.15) is 6.10 Å². The van der Waals surface area contributed by atoms with Crippen LogP contribution in [0.15, 0.2) is 0 Å². The molecule has 4 nitrogen and oxygen atoms in total. The number of rotatable bonds is 3. The zero-order valence-electron chi connectivity index (χ0n) is 10.2. The number of ether oxygens (including phenoxy) is 1. The van der Waals surface area contributed by atoms with Crippen molar-refractivity contribution in [2.45, 2.75) is 56.8 Å². The summed E-state index contributed by atoms with van der Waals surface area (Å²) in [6.07, 6.45) is 6.76. The molecule has 0 aromatic rings. The predicted molar refractivity (Wildman–Crippen MR) is 64.3 cm³/mol. The van der Waals surface area contributed by atoms with E-state index in [4.69, 9.17) is 10.5 Å². The fourth-order valence-corrected chi connectivity index (χ4v) is 3.77. The standard InChI is InChI=1S/C13H22N2O2/c14-7-10-3-4-12(17-10)13(16)15-11-6-8-1-2-9(11)5-8/h8-12H,1-7,14H2,(H,15,16). The summed E-state index contributed by atoms with van der Waals surface area (Å²) in [7, 11) is 0. The minimum absolute atomic E-state index is 0.0887. The summed E-state index contributed by atoms with van der Waals surface area (Å²) in [6, 6.07) is 0.418. The van der Waals surface area contributed by atoms with Gasteiger partial charge in [0.15, 0.2) is 0 Å². The molecule has 3 aliphatic rings. The molecule has 3 N–H and O–H groups in total. The molecule has 0 aromatic heterocycles. The van der Waals surface area contributed by atoms with Gasteiger partial charge in [0.05, 0.1) is 6.10 Å². The van der Waals surface area contributed by atoms with Gasteiger partial charge in [-0.2, -0.15) is 0 Å². The Morgan fingerprint density at radius 3 is 2.71 bits per heavy atom. The van der Waals surface area contributed by atoms with Crippen LogP contribution < -0.4 is 11.1 Å². The lowest BCUT2D eigenvalue weighted by atomic mass is 9.95. The average Bonchev–Trinajstić information content (AvgIpc) is 3.04. The van der Waals surface area contributed by atoms with E-state index >= 15 is 0 Å². The van der Waals surface area contributed by atoms with Crippen LogP contribution in [-0.4, -0.2) is 30.7 Å². The second kappa shape index (κ2) is 4.58. The van der Waals surface area contributed by atoms with Crippen LogP contribution in [0.4, 0.5) is 0 Å². The highest BCUT2D eigenvalue weighted by molar-refractivity contribution is 5.81. The normalized spacial score (nSPS) is 44.2. The summed E-state index contributed by atoms with van der Waals surface area (Å²) in [5.74, 6) is 1.70. The van der Waals surface area contributed by atoms with Gasteiger partial charge >= 0.3 is 0 Å². The molecule has 0 spiro atoms. The van der Waals surface area contributed by atoms with E-state index in [1.807, 2.05) is 0 Å². The third kappa shape index (κ3) is 2.20. The Morgan fingerprint density at radius 2 is 2.12 bits per heavy atom. The van der Waals surface area contributed by atoms with Gasteiger partial charge < -0.3 is 15.8 Å². The van der Waals surface area contributed by atoms with E-state index in [0.717, 1.165) is 24.7 Å². The summed E-state index contributed by atoms with van der Waals surface area (Å²) in [4.78, 5) is 12.1. The second-order valence-corrected chi connectivity index (χ2v) is 5.85. The number of nitrogens with two attached hydrogens (primary N) is 1. The van der Waals surface area contributed by atoms with E-state index in [0.29, 0.717) is 12.6 Å². The molecule has 1 saturated heterocycles. The predicted octanol–water partition coefficient (Wildman–Crippen LogP) is 0.797. The number of amides is 1. The van der Waals surface area contributed by atoms with Gasteiger partial charge in [0, 0.05) is 12.6 Å². The Kier molecular flexibility index (Phi) is 3.09. The Balaban J connectivity index is 1.51. The van der Waals surface area contributed by atoms with Crippen LogP contribution in [0, 0.1) is 11.8 Å². The van der Waals surface area contributed by atoms with E-state index in [1.165, 1.54) is 25.7 Å². The smallest absolute Gasteiger partial charge is 0.249 e. The van der Waals surface area contributed by atoms with Crippen LogP contribution in [0.5, 0.6) is 0 Å². The van der Waals surface area contributed by atoms with Gasteiger partial charge in [-0.25, -0.2) is 0 Å². The number of fused-ring (bicyclic) bond motifs is 2. The fourth-order valence-electron chi connectivity index (χ4n) is 3.77. The number of nitrogens with one attached hydrogen (secondary N) is 1. The summed E-state index contributed by atoms with van der Waals surface area (Å²) >= 11 is 0. The lowest BCUT2D eigenvalue weighted by Crippen LogP contribution is -2.44. The zero-order chi connectivity index (χ0) is 11.8. The summed E-state index contributed by atoms with van der Waals surface area (Å²) in [5.41, 5.74) is 5.55. The van der Waals surface area contributed by atoms with Crippen molar-refractivity contribution in [3.63, 3.8) is 0 Å². The number of hydrogen-bond donors (Lipinski definition) is 2. The lowest BCUT2D eigenvalue weighted by molar-refractivity contribution is -0.132. The molecule has 0 aromatic carbocycles. The molecule has 2 bridgehead atoms. The molecule has 5 atom stereocenters. The first-order chi connectivity index (χ1) is 8.26. The highest BCUT2D eigenvalue weighted by Crippen LogP contribution is 2.44. The third-order valence-electron chi connectivity index (χ3n) is 4.73. The Labute approximate surface area is 102 Å². The number of hydrogen-bond acceptors (Lipinski definition) is 3. The van der Waals surface area contributed by atoms with Crippen molar-refractivity contribution in [1.82, 2.24) is 5.32 Å². The van der Waals surface area contributed by atoms with Crippen LogP contribution in [0.3, 0.4) is 0 Å². The molecule has 5 unspecified atom stereocenters. The largest absolute Gasteiger partial charge is 0.364 e. The molecule has 3 rings (SSSR count). The van der Waals surface area contributed by atoms with Gasteiger partial charge in [-0.05, 0) is 43.9 Å². The quantitative estimate of drug-likeness (QED) is 0.764. The van der Waals surface area contributed by atoms with Crippen LogP contribution in [0.1, 0.15) is 38.5 Å². The minimum atomic E-state index is -0.248. The van der Waals surface area contributed by atoms with Gasteiger partial charge in [-0.1, -0.05) is 6.42 Å². The van der Waals surface area contributed by atoms with Crippen molar-refractivity contribution in [1.29, 1.82) is 0 Å². The van der Waals surface area contributed by atoms with Gasteiger partial charge in [-0.3, -0.25) is 4.79 Å². The fraction of sp³-hybridized carbons (Fsp3) is 0.923. The SMILES string of the molecule is NCC1CCC(C(=O)NC2CC3CCC2C3)O1. The molecule has 3 fully saturated rings. The van der Waals surface area contributed by atoms with Crippen molar-refractivity contribution >= 4 is 5.91 Å². The van der Waals surface area contributed by atoms with E-state index in [2.05, 4.69) is 5.32 Å². The Bertz CT molecular complexity index is 308.